The van der Waals surface area contributed by atoms with Crippen molar-refractivity contribution in [2.75, 3.05) is 19.6 Å². The average molecular weight is 296 g/mol. The first-order chi connectivity index (χ1) is 9.63. The summed E-state index contributed by atoms with van der Waals surface area (Å²) >= 11 is 5.82. The van der Waals surface area contributed by atoms with Gasteiger partial charge in [0.05, 0.1) is 4.92 Å². The Balaban J connectivity index is 1.64. The molecule has 6 heteroatoms. The van der Waals surface area contributed by atoms with Crippen molar-refractivity contribution in [3.8, 4) is 0 Å². The third-order valence-electron chi connectivity index (χ3n) is 4.43. The van der Waals surface area contributed by atoms with Gasteiger partial charge in [0.1, 0.15) is 5.02 Å². The summed E-state index contributed by atoms with van der Waals surface area (Å²) in [5, 5.41) is 14.6. The van der Waals surface area contributed by atoms with Crippen LogP contribution in [0, 0.1) is 16.0 Å². The number of nitro benzene ring substituents is 1. The lowest BCUT2D eigenvalue weighted by Crippen LogP contribution is -2.55. The molecule has 0 saturated carbocycles. The largest absolute Gasteiger partial charge is 0.308 e. The summed E-state index contributed by atoms with van der Waals surface area (Å²) in [5.74, 6) is 0.752. The molecule has 108 valence electrons. The molecule has 4 rings (SSSR count). The summed E-state index contributed by atoms with van der Waals surface area (Å²) in [5.41, 5.74) is 0.900. The van der Waals surface area contributed by atoms with E-state index in [0.29, 0.717) is 12.6 Å². The van der Waals surface area contributed by atoms with Crippen LogP contribution in [0.25, 0.3) is 0 Å². The number of hydrogen-bond acceptors (Lipinski definition) is 4. The van der Waals surface area contributed by atoms with Gasteiger partial charge in [-0.05, 0) is 43.5 Å². The average Bonchev–Trinajstić information content (AvgIpc) is 2.47. The molecule has 0 spiro atoms. The number of rotatable bonds is 4. The van der Waals surface area contributed by atoms with E-state index >= 15 is 0 Å². The van der Waals surface area contributed by atoms with Crippen LogP contribution in [0.5, 0.6) is 0 Å². The number of benzene rings is 1. The van der Waals surface area contributed by atoms with Crippen LogP contribution >= 0.6 is 11.6 Å². The molecule has 1 aromatic carbocycles. The molecule has 0 amide bonds. The fourth-order valence-corrected chi connectivity index (χ4v) is 3.44. The van der Waals surface area contributed by atoms with Crippen molar-refractivity contribution in [2.24, 2.45) is 5.92 Å². The van der Waals surface area contributed by atoms with E-state index in [1.54, 1.807) is 12.1 Å². The summed E-state index contributed by atoms with van der Waals surface area (Å²) < 4.78 is 0. The van der Waals surface area contributed by atoms with E-state index < -0.39 is 4.92 Å². The Hall–Kier alpha value is -1.17. The Morgan fingerprint density at radius 2 is 2.15 bits per heavy atom. The predicted octanol–water partition coefficient (Wildman–Crippen LogP) is 2.43. The molecule has 1 N–H and O–H groups in total. The van der Waals surface area contributed by atoms with E-state index in [-0.39, 0.29) is 10.7 Å². The standard InChI is InChI=1S/C14H18ClN3O2/c15-12-2-1-10(7-14(12)18(19)20)8-16-13-9-17-5-3-11(13)4-6-17/h1-2,7,11,13,16H,3-6,8-9H2. The van der Waals surface area contributed by atoms with Crippen molar-refractivity contribution in [3.05, 3.63) is 38.9 Å². The number of nitrogens with one attached hydrogen (secondary N) is 1. The van der Waals surface area contributed by atoms with Gasteiger partial charge in [-0.1, -0.05) is 17.7 Å². The van der Waals surface area contributed by atoms with E-state index in [2.05, 4.69) is 10.2 Å². The molecule has 1 unspecified atom stereocenters. The maximum absolute atomic E-state index is 10.9. The third-order valence-corrected chi connectivity index (χ3v) is 4.75. The number of fused-ring (bicyclic) bond motifs is 3. The third kappa shape index (κ3) is 2.80. The smallest absolute Gasteiger partial charge is 0.288 e. The summed E-state index contributed by atoms with van der Waals surface area (Å²) in [6.45, 7) is 4.19. The minimum absolute atomic E-state index is 0.0140. The zero-order valence-electron chi connectivity index (χ0n) is 11.2. The van der Waals surface area contributed by atoms with Gasteiger partial charge in [0.2, 0.25) is 0 Å². The Bertz CT molecular complexity index is 515. The monoisotopic (exact) mass is 295 g/mol. The molecule has 5 nitrogen and oxygen atoms in total. The van der Waals surface area contributed by atoms with Crippen molar-refractivity contribution in [1.82, 2.24) is 10.2 Å². The zero-order valence-corrected chi connectivity index (χ0v) is 12.0. The highest BCUT2D eigenvalue weighted by atomic mass is 35.5. The van der Waals surface area contributed by atoms with Gasteiger partial charge >= 0.3 is 0 Å². The highest BCUT2D eigenvalue weighted by Crippen LogP contribution is 2.28. The van der Waals surface area contributed by atoms with Crippen molar-refractivity contribution in [1.29, 1.82) is 0 Å². The second-order valence-corrected chi connectivity index (χ2v) is 6.08. The summed E-state index contributed by atoms with van der Waals surface area (Å²) in [4.78, 5) is 12.9. The first-order valence-electron chi connectivity index (χ1n) is 7.02. The summed E-state index contributed by atoms with van der Waals surface area (Å²) in [7, 11) is 0. The maximum atomic E-state index is 10.9. The van der Waals surface area contributed by atoms with Gasteiger partial charge in [-0.25, -0.2) is 0 Å². The molecule has 3 aliphatic heterocycles. The van der Waals surface area contributed by atoms with E-state index in [1.165, 1.54) is 25.9 Å². The number of hydrogen-bond donors (Lipinski definition) is 1. The first-order valence-corrected chi connectivity index (χ1v) is 7.40. The minimum atomic E-state index is -0.430. The van der Waals surface area contributed by atoms with Gasteiger partial charge in [0.25, 0.3) is 5.69 Å². The quantitative estimate of drug-likeness (QED) is 0.685. The topological polar surface area (TPSA) is 58.4 Å². The molecule has 1 aromatic rings. The van der Waals surface area contributed by atoms with Crippen LogP contribution in [-0.2, 0) is 6.54 Å². The molecule has 3 heterocycles. The van der Waals surface area contributed by atoms with Crippen molar-refractivity contribution in [2.45, 2.75) is 25.4 Å². The Morgan fingerprint density at radius 1 is 1.40 bits per heavy atom. The summed E-state index contributed by atoms with van der Waals surface area (Å²) in [6.07, 6.45) is 2.52. The molecule has 2 bridgehead atoms. The van der Waals surface area contributed by atoms with Crippen LogP contribution in [0.1, 0.15) is 18.4 Å². The van der Waals surface area contributed by atoms with E-state index in [4.69, 9.17) is 11.6 Å². The molecule has 1 atom stereocenters. The molecule has 0 radical (unpaired) electrons. The Labute approximate surface area is 123 Å². The highest BCUT2D eigenvalue weighted by Gasteiger charge is 2.33. The van der Waals surface area contributed by atoms with Gasteiger partial charge in [-0.15, -0.1) is 0 Å². The Morgan fingerprint density at radius 3 is 2.75 bits per heavy atom. The molecule has 0 aromatic heterocycles. The minimum Gasteiger partial charge on any atom is -0.308 e. The van der Waals surface area contributed by atoms with Crippen LogP contribution in [0.2, 0.25) is 5.02 Å². The van der Waals surface area contributed by atoms with Crippen molar-refractivity contribution < 1.29 is 4.92 Å². The van der Waals surface area contributed by atoms with Crippen LogP contribution in [-0.4, -0.2) is 35.5 Å². The van der Waals surface area contributed by atoms with Crippen molar-refractivity contribution in [3.63, 3.8) is 0 Å². The number of nitrogens with zero attached hydrogens (tertiary/aromatic N) is 2. The van der Waals surface area contributed by atoms with Crippen LogP contribution in [0.3, 0.4) is 0 Å². The Kier molecular flexibility index (Phi) is 3.92. The molecule has 3 saturated heterocycles. The lowest BCUT2D eigenvalue weighted by atomic mass is 9.84. The zero-order chi connectivity index (χ0) is 14.1. The van der Waals surface area contributed by atoms with Crippen LogP contribution < -0.4 is 5.32 Å². The highest BCUT2D eigenvalue weighted by molar-refractivity contribution is 6.32. The van der Waals surface area contributed by atoms with Gasteiger partial charge in [-0.3, -0.25) is 10.1 Å². The SMILES string of the molecule is O=[N+]([O-])c1cc(CNC2CN3CCC2CC3)ccc1Cl. The van der Waals surface area contributed by atoms with Gasteiger partial charge in [0, 0.05) is 25.2 Å². The molecule has 3 fully saturated rings. The lowest BCUT2D eigenvalue weighted by Gasteiger charge is -2.45. The van der Waals surface area contributed by atoms with Crippen LogP contribution in [0.4, 0.5) is 5.69 Å². The molecule has 20 heavy (non-hydrogen) atoms. The van der Waals surface area contributed by atoms with Crippen LogP contribution in [0.15, 0.2) is 18.2 Å². The van der Waals surface area contributed by atoms with E-state index in [9.17, 15) is 10.1 Å². The fourth-order valence-electron chi connectivity index (χ4n) is 3.25. The predicted molar refractivity (Wildman–Crippen MR) is 77.9 cm³/mol. The molecule has 0 aliphatic carbocycles. The number of halogens is 1. The van der Waals surface area contributed by atoms with Gasteiger partial charge in [-0.2, -0.15) is 0 Å². The first kappa shape index (κ1) is 13.8. The second kappa shape index (κ2) is 5.68. The molecular weight excluding hydrogens is 278 g/mol. The summed E-state index contributed by atoms with van der Waals surface area (Å²) in [6, 6.07) is 5.53. The normalized spacial score (nSPS) is 28.6. The maximum Gasteiger partial charge on any atom is 0.288 e. The molecular formula is C14H18ClN3O2. The van der Waals surface area contributed by atoms with E-state index in [0.717, 1.165) is 18.0 Å². The van der Waals surface area contributed by atoms with Gasteiger partial charge in [0.15, 0.2) is 0 Å². The van der Waals surface area contributed by atoms with Gasteiger partial charge < -0.3 is 10.2 Å². The lowest BCUT2D eigenvalue weighted by molar-refractivity contribution is -0.384. The van der Waals surface area contributed by atoms with Crippen molar-refractivity contribution >= 4 is 17.3 Å². The number of nitro groups is 1. The second-order valence-electron chi connectivity index (χ2n) is 5.67. The molecule has 3 aliphatic rings. The van der Waals surface area contributed by atoms with E-state index in [1.807, 2.05) is 6.07 Å². The number of piperidine rings is 3. The fraction of sp³-hybridized carbons (Fsp3) is 0.571.